The number of alkyl carbamates (subject to hydrolysis) is 2. The largest absolute Gasteiger partial charge is 0.465 e. The van der Waals surface area contributed by atoms with Gasteiger partial charge in [-0.1, -0.05) is 113 Å². The van der Waals surface area contributed by atoms with Crippen molar-refractivity contribution in [3.63, 3.8) is 0 Å². The van der Waals surface area contributed by atoms with Gasteiger partial charge in [0.15, 0.2) is 0 Å². The van der Waals surface area contributed by atoms with E-state index in [0.717, 1.165) is 98.2 Å². The summed E-state index contributed by atoms with van der Waals surface area (Å²) in [5.74, 6) is 1.47. The van der Waals surface area contributed by atoms with Gasteiger partial charge in [0.1, 0.15) is 29.5 Å². The Morgan fingerprint density at radius 2 is 1.12 bits per heavy atom. The summed E-state index contributed by atoms with van der Waals surface area (Å²) < 4.78 is 19.2. The van der Waals surface area contributed by atoms with E-state index in [-0.39, 0.29) is 35.7 Å². The van der Waals surface area contributed by atoms with Crippen LogP contribution >= 0.6 is 0 Å². The van der Waals surface area contributed by atoms with Gasteiger partial charge in [0.2, 0.25) is 18.0 Å². The fraction of sp³-hybridized carbons (Fsp3) is 0.311. The zero-order valence-electron chi connectivity index (χ0n) is 44.1. The highest BCUT2D eigenvalue weighted by Gasteiger charge is 2.39. The van der Waals surface area contributed by atoms with E-state index in [1.54, 1.807) is 0 Å². The lowest BCUT2D eigenvalue weighted by Crippen LogP contribution is -2.51. The summed E-state index contributed by atoms with van der Waals surface area (Å²) in [6.45, 7) is 8.74. The highest BCUT2D eigenvalue weighted by molar-refractivity contribution is 5.93. The topological polar surface area (TPSA) is 189 Å². The molecule has 2 fully saturated rings. The third kappa shape index (κ3) is 9.79. The summed E-state index contributed by atoms with van der Waals surface area (Å²) in [4.78, 5) is 72.7. The predicted octanol–water partition coefficient (Wildman–Crippen LogP) is 11.4. The van der Waals surface area contributed by atoms with E-state index in [9.17, 15) is 19.2 Å². The number of nitrogens with zero attached hydrogens (tertiary/aromatic N) is 5. The lowest BCUT2D eigenvalue weighted by molar-refractivity contribution is -0.136. The van der Waals surface area contributed by atoms with Crippen molar-refractivity contribution in [2.24, 2.45) is 11.8 Å². The van der Waals surface area contributed by atoms with Crippen LogP contribution < -0.4 is 15.4 Å². The maximum atomic E-state index is 13.9. The van der Waals surface area contributed by atoms with E-state index in [1.807, 2.05) is 56.0 Å². The standard InChI is InChI=1S/C61H63N9O7/c1-35(2)53(66-60(73)75-5)57(71)68-27-11-17-49(68)55-62-33-46(64-55)41-24-26-48-44(30-41)31-51-45-25-23-42(47-34-63-56(65-47)50-18-12-28-69(50)58(72)54(36(3)4)67-61(74)76-6)32-52(45)77-59(70(48)51)43-16-10-15-40(29-43)39-21-19-38(20-22-39)37-13-8-7-9-14-37/h7-10,13-16,19-26,29-36,49-50,53-54,59H,11-12,17-18,27-28H2,1-6H3,(H,62,64)(H,63,65)(H,66,73)(H,67,74)/t49-,50-,53-,54-,59?/m0/s1. The van der Waals surface area contributed by atoms with E-state index >= 15 is 0 Å². The molecule has 77 heavy (non-hydrogen) atoms. The number of aromatic amines is 2. The van der Waals surface area contributed by atoms with Gasteiger partial charge in [-0.05, 0) is 96.2 Å². The maximum Gasteiger partial charge on any atom is 0.407 e. The molecule has 5 atom stereocenters. The zero-order chi connectivity index (χ0) is 53.5. The number of rotatable bonds is 13. The summed E-state index contributed by atoms with van der Waals surface area (Å²) >= 11 is 0. The molecule has 1 unspecified atom stereocenters. The third-order valence-electron chi connectivity index (χ3n) is 15.4. The van der Waals surface area contributed by atoms with Crippen LogP contribution in [-0.4, -0.2) is 97.7 Å². The maximum absolute atomic E-state index is 13.9. The van der Waals surface area contributed by atoms with Crippen LogP contribution in [0.4, 0.5) is 9.59 Å². The fourth-order valence-corrected chi connectivity index (χ4v) is 11.3. The Balaban J connectivity index is 0.929. The molecule has 3 aromatic heterocycles. The van der Waals surface area contributed by atoms with E-state index < -0.39 is 30.5 Å². The molecule has 16 nitrogen and oxygen atoms in total. The van der Waals surface area contributed by atoms with Crippen LogP contribution in [0.15, 0.2) is 134 Å². The Morgan fingerprint density at radius 3 is 1.69 bits per heavy atom. The lowest BCUT2D eigenvalue weighted by atomic mass is 9.98. The van der Waals surface area contributed by atoms with Crippen LogP contribution in [-0.2, 0) is 19.1 Å². The summed E-state index contributed by atoms with van der Waals surface area (Å²) in [5, 5.41) is 6.48. The molecule has 0 saturated carbocycles. The number of likely N-dealkylation sites (tertiary alicyclic amines) is 2. The van der Waals surface area contributed by atoms with Crippen molar-refractivity contribution in [2.45, 2.75) is 83.8 Å². The molecule has 5 aromatic carbocycles. The second-order valence-corrected chi connectivity index (χ2v) is 20.9. The van der Waals surface area contributed by atoms with Gasteiger partial charge in [0.25, 0.3) is 0 Å². The van der Waals surface area contributed by atoms with Gasteiger partial charge < -0.3 is 49.2 Å². The van der Waals surface area contributed by atoms with Gasteiger partial charge in [-0.2, -0.15) is 0 Å². The SMILES string of the molecule is COC(=O)N[C@H](C(=O)N1CCC[C@H]1c1ncc(-c2ccc3c(c2)OC(c2cccc(-c4ccc(-c5ccccc5)cc4)c2)n2c-3cc3cc(-c4cnc([C@@H]5CCCN5C(=O)[C@@H](NC(=O)OC)C(C)C)[nH]4)ccc32)[nH]1)C(C)C. The van der Waals surface area contributed by atoms with Gasteiger partial charge in [-0.25, -0.2) is 19.6 Å². The number of nitrogens with one attached hydrogen (secondary N) is 4. The molecular weight excluding hydrogens is 971 g/mol. The number of H-pyrrole nitrogens is 2. The van der Waals surface area contributed by atoms with Crippen LogP contribution in [0.25, 0.3) is 66.9 Å². The highest BCUT2D eigenvalue weighted by atomic mass is 16.5. The Kier molecular flexibility index (Phi) is 13.9. The van der Waals surface area contributed by atoms with Crippen molar-refractivity contribution in [2.75, 3.05) is 27.3 Å². The Hall–Kier alpha value is -8.66. The van der Waals surface area contributed by atoms with Crippen molar-refractivity contribution in [3.05, 3.63) is 151 Å². The molecule has 8 aromatic rings. The average Bonchev–Trinajstić information content (AvgIpc) is 4.50. The van der Waals surface area contributed by atoms with Crippen LogP contribution in [0.1, 0.15) is 88.9 Å². The van der Waals surface area contributed by atoms with Crippen LogP contribution in [0.3, 0.4) is 0 Å². The minimum atomic E-state index is -0.737. The first kappa shape index (κ1) is 50.5. The summed E-state index contributed by atoms with van der Waals surface area (Å²) in [5.41, 5.74) is 11.8. The van der Waals surface area contributed by atoms with Gasteiger partial charge in [0.05, 0.1) is 61.3 Å². The molecule has 16 heteroatoms. The molecular formula is C61H63N9O7. The Morgan fingerprint density at radius 1 is 0.597 bits per heavy atom. The van der Waals surface area contributed by atoms with E-state index in [4.69, 9.17) is 24.2 Å². The number of imidazole rings is 2. The van der Waals surface area contributed by atoms with E-state index in [2.05, 4.69) is 140 Å². The highest BCUT2D eigenvalue weighted by Crippen LogP contribution is 2.47. The number of carbonyl (C=O) groups excluding carboxylic acids is 4. The number of methoxy groups -OCH3 is 2. The van der Waals surface area contributed by atoms with Crippen molar-refractivity contribution in [1.29, 1.82) is 0 Å². The zero-order valence-corrected chi connectivity index (χ0v) is 44.1. The first-order valence-corrected chi connectivity index (χ1v) is 26.5. The van der Waals surface area contributed by atoms with Crippen molar-refractivity contribution >= 4 is 34.9 Å². The number of hydrogen-bond acceptors (Lipinski definition) is 9. The molecule has 394 valence electrons. The summed E-state index contributed by atoms with van der Waals surface area (Å²) in [6.07, 6.45) is 4.91. The van der Waals surface area contributed by atoms with Gasteiger partial charge in [-0.3, -0.25) is 9.59 Å². The van der Waals surface area contributed by atoms with Crippen molar-refractivity contribution in [1.82, 2.24) is 44.9 Å². The Labute approximate surface area is 447 Å². The molecule has 0 spiro atoms. The molecule has 0 bridgehead atoms. The number of ether oxygens (including phenoxy) is 3. The molecule has 0 radical (unpaired) electrons. The Bertz CT molecular complexity index is 3490. The quantitative estimate of drug-likeness (QED) is 0.0871. The number of benzene rings is 5. The summed E-state index contributed by atoms with van der Waals surface area (Å²) in [6, 6.07) is 40.4. The molecule has 0 aliphatic carbocycles. The summed E-state index contributed by atoms with van der Waals surface area (Å²) in [7, 11) is 2.59. The molecule has 3 aliphatic rings. The number of hydrogen-bond donors (Lipinski definition) is 4. The van der Waals surface area contributed by atoms with Gasteiger partial charge in [-0.15, -0.1) is 0 Å². The van der Waals surface area contributed by atoms with Crippen molar-refractivity contribution < 1.29 is 33.4 Å². The van der Waals surface area contributed by atoms with Gasteiger partial charge >= 0.3 is 12.2 Å². The smallest absolute Gasteiger partial charge is 0.407 e. The van der Waals surface area contributed by atoms with Crippen LogP contribution in [0.2, 0.25) is 0 Å². The molecule has 11 rings (SSSR count). The molecule has 6 heterocycles. The number of carbonyl (C=O) groups is 4. The van der Waals surface area contributed by atoms with Crippen LogP contribution in [0.5, 0.6) is 5.75 Å². The average molecular weight is 1030 g/mol. The van der Waals surface area contributed by atoms with E-state index in [1.165, 1.54) is 14.2 Å². The second kappa shape index (κ2) is 21.2. The third-order valence-corrected chi connectivity index (χ3v) is 15.4. The number of aromatic nitrogens is 5. The predicted molar refractivity (Wildman–Crippen MR) is 294 cm³/mol. The minimum absolute atomic E-state index is 0.142. The number of amides is 4. The van der Waals surface area contributed by atoms with Crippen LogP contribution in [0, 0.1) is 11.8 Å². The minimum Gasteiger partial charge on any atom is -0.465 e. The van der Waals surface area contributed by atoms with E-state index in [0.29, 0.717) is 30.5 Å². The molecule has 2 saturated heterocycles. The lowest BCUT2D eigenvalue weighted by Gasteiger charge is -2.31. The second-order valence-electron chi connectivity index (χ2n) is 20.9. The molecule has 4 N–H and O–H groups in total. The normalized spacial score (nSPS) is 17.7. The molecule has 3 aliphatic heterocycles. The molecule has 4 amide bonds. The number of fused-ring (bicyclic) bond motifs is 5. The first-order valence-electron chi connectivity index (χ1n) is 26.5. The van der Waals surface area contributed by atoms with Crippen molar-refractivity contribution in [3.8, 4) is 61.8 Å². The fourth-order valence-electron chi connectivity index (χ4n) is 11.3. The monoisotopic (exact) mass is 1030 g/mol. The van der Waals surface area contributed by atoms with Gasteiger partial charge in [0, 0.05) is 40.7 Å². The first-order chi connectivity index (χ1) is 37.4.